The number of methoxy groups -OCH3 is 1. The zero-order chi connectivity index (χ0) is 21.0. The summed E-state index contributed by atoms with van der Waals surface area (Å²) in [4.78, 5) is 9.53. The third kappa shape index (κ3) is 3.98. The van der Waals surface area contributed by atoms with E-state index in [0.717, 1.165) is 33.6 Å². The fourth-order valence-electron chi connectivity index (χ4n) is 3.53. The molecule has 0 aliphatic carbocycles. The maximum Gasteiger partial charge on any atom is 0.198 e. The summed E-state index contributed by atoms with van der Waals surface area (Å²) >= 11 is 0. The highest BCUT2D eigenvalue weighted by Crippen LogP contribution is 2.30. The van der Waals surface area contributed by atoms with Crippen molar-refractivity contribution in [3.8, 4) is 28.5 Å². The lowest BCUT2D eigenvalue weighted by molar-refractivity contribution is 0.415. The molecule has 31 heavy (non-hydrogen) atoms. The molecule has 0 bridgehead atoms. The van der Waals surface area contributed by atoms with Gasteiger partial charge in [-0.05, 0) is 53.1 Å². The number of fused-ring (bicyclic) bond motifs is 1. The first-order valence-corrected chi connectivity index (χ1v) is 10.1. The van der Waals surface area contributed by atoms with Gasteiger partial charge in [0.25, 0.3) is 0 Å². The van der Waals surface area contributed by atoms with Crippen LogP contribution in [0.4, 0.5) is 5.82 Å². The predicted molar refractivity (Wildman–Crippen MR) is 123 cm³/mol. The van der Waals surface area contributed by atoms with E-state index in [9.17, 15) is 0 Å². The summed E-state index contributed by atoms with van der Waals surface area (Å²) in [7, 11) is 1.67. The minimum Gasteiger partial charge on any atom is -0.497 e. The van der Waals surface area contributed by atoms with Crippen molar-refractivity contribution in [2.45, 2.75) is 6.54 Å². The summed E-state index contributed by atoms with van der Waals surface area (Å²) < 4.78 is 10.8. The van der Waals surface area contributed by atoms with E-state index in [1.165, 1.54) is 5.56 Å². The Morgan fingerprint density at radius 2 is 1.65 bits per heavy atom. The third-order valence-electron chi connectivity index (χ3n) is 5.16. The van der Waals surface area contributed by atoms with Crippen LogP contribution in [0.5, 0.6) is 5.75 Å². The normalized spacial score (nSPS) is 10.9. The molecule has 5 heteroatoms. The molecule has 0 saturated carbocycles. The van der Waals surface area contributed by atoms with Gasteiger partial charge in [0.15, 0.2) is 11.6 Å². The maximum absolute atomic E-state index is 5.56. The first-order chi connectivity index (χ1) is 15.3. The van der Waals surface area contributed by atoms with Gasteiger partial charge in [-0.1, -0.05) is 48.5 Å². The molecular weight excluding hydrogens is 386 g/mol. The number of hydrogen-bond donors (Lipinski definition) is 1. The number of furan rings is 1. The smallest absolute Gasteiger partial charge is 0.198 e. The van der Waals surface area contributed by atoms with Gasteiger partial charge in [0.05, 0.1) is 18.9 Å². The number of anilines is 1. The summed E-state index contributed by atoms with van der Waals surface area (Å²) in [6, 6.07) is 28.2. The number of ether oxygens (including phenoxy) is 1. The number of aromatic nitrogens is 2. The molecule has 1 N–H and O–H groups in total. The molecular formula is C26H21N3O2. The Hall–Kier alpha value is -4.12. The van der Waals surface area contributed by atoms with Crippen LogP contribution in [0, 0.1) is 0 Å². The Morgan fingerprint density at radius 3 is 2.39 bits per heavy atom. The lowest BCUT2D eigenvalue weighted by Crippen LogP contribution is -2.04. The van der Waals surface area contributed by atoms with Crippen LogP contribution < -0.4 is 10.1 Å². The molecule has 0 radical (unpaired) electrons. The molecule has 0 spiro atoms. The maximum atomic E-state index is 5.56. The molecule has 2 heterocycles. The Bertz CT molecular complexity index is 1300. The van der Waals surface area contributed by atoms with Crippen molar-refractivity contribution in [1.82, 2.24) is 9.97 Å². The van der Waals surface area contributed by atoms with Crippen LogP contribution in [0.3, 0.4) is 0 Å². The largest absolute Gasteiger partial charge is 0.497 e. The Balaban J connectivity index is 1.57. The minimum atomic E-state index is 0.556. The monoisotopic (exact) mass is 407 g/mol. The standard InChI is InChI=1S/C26H21N3O2/c1-30-21-12-9-19(10-13-21)20-11-14-22-23(16-20)28-26(24-8-5-15-31-24)29-25(22)27-17-18-6-3-2-4-7-18/h2-16H,17H2,1H3,(H,27,28,29). The molecule has 0 fully saturated rings. The van der Waals surface area contributed by atoms with Gasteiger partial charge < -0.3 is 14.5 Å². The summed E-state index contributed by atoms with van der Waals surface area (Å²) in [5.74, 6) is 2.81. The molecule has 0 amide bonds. The highest BCUT2D eigenvalue weighted by atomic mass is 16.5. The molecule has 5 nitrogen and oxygen atoms in total. The summed E-state index contributed by atoms with van der Waals surface area (Å²) in [6.07, 6.45) is 1.63. The first-order valence-electron chi connectivity index (χ1n) is 10.1. The molecule has 5 rings (SSSR count). The number of benzene rings is 3. The van der Waals surface area contributed by atoms with E-state index in [-0.39, 0.29) is 0 Å². The topological polar surface area (TPSA) is 60.2 Å². The molecule has 0 unspecified atom stereocenters. The summed E-state index contributed by atoms with van der Waals surface area (Å²) in [5, 5.41) is 4.43. The summed E-state index contributed by atoms with van der Waals surface area (Å²) in [6.45, 7) is 0.671. The Kier molecular flexibility index (Phi) is 5.07. The van der Waals surface area contributed by atoms with E-state index in [2.05, 4.69) is 35.6 Å². The van der Waals surface area contributed by atoms with Crippen molar-refractivity contribution in [2.75, 3.05) is 12.4 Å². The van der Waals surface area contributed by atoms with Crippen LogP contribution in [0.1, 0.15) is 5.56 Å². The average molecular weight is 407 g/mol. The van der Waals surface area contributed by atoms with Crippen LogP contribution in [-0.2, 0) is 6.54 Å². The number of hydrogen-bond acceptors (Lipinski definition) is 5. The molecule has 0 aliphatic heterocycles. The van der Waals surface area contributed by atoms with Gasteiger partial charge in [-0.3, -0.25) is 0 Å². The van der Waals surface area contributed by atoms with Gasteiger partial charge in [-0.2, -0.15) is 0 Å². The van der Waals surface area contributed by atoms with E-state index >= 15 is 0 Å². The van der Waals surface area contributed by atoms with Gasteiger partial charge in [-0.25, -0.2) is 9.97 Å². The van der Waals surface area contributed by atoms with Crippen molar-refractivity contribution >= 4 is 16.7 Å². The second-order valence-electron chi connectivity index (χ2n) is 7.17. The van der Waals surface area contributed by atoms with Crippen LogP contribution in [0.2, 0.25) is 0 Å². The number of rotatable bonds is 6. The van der Waals surface area contributed by atoms with Crippen LogP contribution in [-0.4, -0.2) is 17.1 Å². The SMILES string of the molecule is COc1ccc(-c2ccc3c(NCc4ccccc4)nc(-c4ccco4)nc3c2)cc1. The van der Waals surface area contributed by atoms with E-state index in [4.69, 9.17) is 19.1 Å². The summed E-state index contributed by atoms with van der Waals surface area (Å²) in [5.41, 5.74) is 4.21. The fraction of sp³-hybridized carbons (Fsp3) is 0.0769. The molecule has 0 aliphatic rings. The van der Waals surface area contributed by atoms with Crippen molar-refractivity contribution in [1.29, 1.82) is 0 Å². The zero-order valence-electron chi connectivity index (χ0n) is 17.1. The first kappa shape index (κ1) is 18.9. The average Bonchev–Trinajstić information content (AvgIpc) is 3.38. The quantitative estimate of drug-likeness (QED) is 0.364. The minimum absolute atomic E-state index is 0.556. The van der Waals surface area contributed by atoms with Crippen molar-refractivity contribution in [3.05, 3.63) is 96.8 Å². The molecule has 0 saturated heterocycles. The molecule has 0 atom stereocenters. The van der Waals surface area contributed by atoms with E-state index in [0.29, 0.717) is 18.1 Å². The second kappa shape index (κ2) is 8.32. The van der Waals surface area contributed by atoms with Crippen LogP contribution in [0.15, 0.2) is 95.6 Å². The highest BCUT2D eigenvalue weighted by molar-refractivity contribution is 5.93. The predicted octanol–water partition coefficient (Wildman–Crippen LogP) is 6.18. The van der Waals surface area contributed by atoms with Crippen molar-refractivity contribution in [3.63, 3.8) is 0 Å². The van der Waals surface area contributed by atoms with E-state index in [1.807, 2.05) is 54.6 Å². The second-order valence-corrected chi connectivity index (χ2v) is 7.17. The van der Waals surface area contributed by atoms with Gasteiger partial charge in [0.2, 0.25) is 0 Å². The van der Waals surface area contributed by atoms with Gasteiger partial charge in [-0.15, -0.1) is 0 Å². The zero-order valence-corrected chi connectivity index (χ0v) is 17.1. The fourth-order valence-corrected chi connectivity index (χ4v) is 3.53. The molecule has 5 aromatic rings. The Labute approximate surface area is 180 Å². The highest BCUT2D eigenvalue weighted by Gasteiger charge is 2.12. The van der Waals surface area contributed by atoms with Crippen molar-refractivity contribution < 1.29 is 9.15 Å². The van der Waals surface area contributed by atoms with Gasteiger partial charge in [0, 0.05) is 11.9 Å². The third-order valence-corrected chi connectivity index (χ3v) is 5.16. The van der Waals surface area contributed by atoms with E-state index in [1.54, 1.807) is 13.4 Å². The Morgan fingerprint density at radius 1 is 0.839 bits per heavy atom. The number of nitrogens with zero attached hydrogens (tertiary/aromatic N) is 2. The van der Waals surface area contributed by atoms with Crippen LogP contribution >= 0.6 is 0 Å². The molecule has 2 aromatic heterocycles. The lowest BCUT2D eigenvalue weighted by Gasteiger charge is -2.12. The van der Waals surface area contributed by atoms with Gasteiger partial charge in [0.1, 0.15) is 11.6 Å². The van der Waals surface area contributed by atoms with Crippen molar-refractivity contribution in [2.24, 2.45) is 0 Å². The molecule has 3 aromatic carbocycles. The lowest BCUT2D eigenvalue weighted by atomic mass is 10.0. The van der Waals surface area contributed by atoms with Gasteiger partial charge >= 0.3 is 0 Å². The van der Waals surface area contributed by atoms with Crippen LogP contribution in [0.25, 0.3) is 33.6 Å². The number of nitrogens with one attached hydrogen (secondary N) is 1. The molecule has 152 valence electrons. The van der Waals surface area contributed by atoms with E-state index < -0.39 is 0 Å².